The number of hydrogen-bond acceptors (Lipinski definition) is 5. The van der Waals surface area contributed by atoms with Gasteiger partial charge in [-0.3, -0.25) is 0 Å². The highest BCUT2D eigenvalue weighted by atomic mass is 16.5. The third-order valence-electron chi connectivity index (χ3n) is 3.39. The highest BCUT2D eigenvalue weighted by Gasteiger charge is 2.41. The van der Waals surface area contributed by atoms with Crippen LogP contribution in [0.2, 0.25) is 0 Å². The Labute approximate surface area is 105 Å². The summed E-state index contributed by atoms with van der Waals surface area (Å²) in [6.07, 6.45) is 7.45. The van der Waals surface area contributed by atoms with Gasteiger partial charge in [-0.25, -0.2) is 4.98 Å². The number of H-pyrrole nitrogens is 1. The number of aromatic nitrogens is 4. The molecule has 2 aromatic rings. The largest absolute Gasteiger partial charge is 0.365 e. The van der Waals surface area contributed by atoms with Gasteiger partial charge in [-0.2, -0.15) is 4.98 Å². The summed E-state index contributed by atoms with van der Waals surface area (Å²) in [6.45, 7) is 2.65. The van der Waals surface area contributed by atoms with E-state index in [1.807, 2.05) is 6.92 Å². The minimum Gasteiger partial charge on any atom is -0.365 e. The molecule has 0 amide bonds. The van der Waals surface area contributed by atoms with E-state index in [2.05, 4.69) is 20.1 Å². The standard InChI is InChI=1S/C12H16N4O2/c1-2-17-12(5-3-4-6-12)11-15-10(16-18-11)9-7-13-8-14-9/h7-8H,2-6H2,1H3,(H,13,14). The summed E-state index contributed by atoms with van der Waals surface area (Å²) in [5, 5.41) is 3.99. The van der Waals surface area contributed by atoms with Crippen molar-refractivity contribution in [1.82, 2.24) is 20.1 Å². The number of hydrogen-bond donors (Lipinski definition) is 1. The van der Waals surface area contributed by atoms with Gasteiger partial charge in [0.15, 0.2) is 0 Å². The first-order valence-electron chi connectivity index (χ1n) is 6.31. The fraction of sp³-hybridized carbons (Fsp3) is 0.583. The predicted molar refractivity (Wildman–Crippen MR) is 63.7 cm³/mol. The normalized spacial score (nSPS) is 18.3. The van der Waals surface area contributed by atoms with Gasteiger partial charge in [0.1, 0.15) is 11.3 Å². The SMILES string of the molecule is CCOC1(c2nc(-c3cnc[nH]3)no2)CCCC1. The lowest BCUT2D eigenvalue weighted by Gasteiger charge is -2.24. The Bertz CT molecular complexity index is 500. The van der Waals surface area contributed by atoms with Gasteiger partial charge in [0.2, 0.25) is 5.82 Å². The van der Waals surface area contributed by atoms with E-state index in [1.54, 1.807) is 12.5 Å². The van der Waals surface area contributed by atoms with Crippen LogP contribution in [0.5, 0.6) is 0 Å². The highest BCUT2D eigenvalue weighted by Crippen LogP contribution is 2.41. The first-order chi connectivity index (χ1) is 8.84. The molecule has 0 aliphatic heterocycles. The van der Waals surface area contributed by atoms with Gasteiger partial charge in [0.05, 0.1) is 12.5 Å². The molecule has 6 heteroatoms. The maximum absolute atomic E-state index is 5.89. The molecule has 6 nitrogen and oxygen atoms in total. The second-order valence-electron chi connectivity index (χ2n) is 4.52. The molecule has 1 aliphatic carbocycles. The Morgan fingerprint density at radius 2 is 2.28 bits per heavy atom. The number of rotatable bonds is 4. The molecule has 0 saturated heterocycles. The van der Waals surface area contributed by atoms with Crippen molar-refractivity contribution in [3.8, 4) is 11.5 Å². The zero-order valence-electron chi connectivity index (χ0n) is 10.3. The molecule has 0 bridgehead atoms. The molecule has 0 radical (unpaired) electrons. The number of aromatic amines is 1. The molecular formula is C12H16N4O2. The molecular weight excluding hydrogens is 232 g/mol. The molecule has 0 aromatic carbocycles. The lowest BCUT2D eigenvalue weighted by atomic mass is 10.0. The van der Waals surface area contributed by atoms with E-state index < -0.39 is 0 Å². The summed E-state index contributed by atoms with van der Waals surface area (Å²) < 4.78 is 11.3. The van der Waals surface area contributed by atoms with Crippen molar-refractivity contribution in [2.45, 2.75) is 38.2 Å². The minimum absolute atomic E-state index is 0.375. The van der Waals surface area contributed by atoms with E-state index >= 15 is 0 Å². The van der Waals surface area contributed by atoms with Crippen molar-refractivity contribution in [2.75, 3.05) is 6.61 Å². The molecule has 1 fully saturated rings. The smallest absolute Gasteiger partial charge is 0.259 e. The van der Waals surface area contributed by atoms with Gasteiger partial charge in [0, 0.05) is 6.61 Å². The topological polar surface area (TPSA) is 76.8 Å². The Hall–Kier alpha value is -1.69. The third kappa shape index (κ3) is 1.82. The van der Waals surface area contributed by atoms with E-state index in [0.717, 1.165) is 31.4 Å². The molecule has 2 heterocycles. The van der Waals surface area contributed by atoms with Gasteiger partial charge in [-0.05, 0) is 32.6 Å². The second-order valence-corrected chi connectivity index (χ2v) is 4.52. The van der Waals surface area contributed by atoms with Crippen molar-refractivity contribution in [3.05, 3.63) is 18.4 Å². The minimum atomic E-state index is -0.375. The van der Waals surface area contributed by atoms with Crippen molar-refractivity contribution in [3.63, 3.8) is 0 Å². The van der Waals surface area contributed by atoms with Gasteiger partial charge >= 0.3 is 0 Å². The lowest BCUT2D eigenvalue weighted by Crippen LogP contribution is -2.26. The average Bonchev–Trinajstić information content (AvgIpc) is 3.11. The third-order valence-corrected chi connectivity index (χ3v) is 3.39. The summed E-state index contributed by atoms with van der Waals surface area (Å²) in [5.74, 6) is 1.12. The fourth-order valence-corrected chi connectivity index (χ4v) is 2.54. The van der Waals surface area contributed by atoms with Crippen molar-refractivity contribution in [2.24, 2.45) is 0 Å². The summed E-state index contributed by atoms with van der Waals surface area (Å²) in [6, 6.07) is 0. The van der Waals surface area contributed by atoms with Crippen molar-refractivity contribution < 1.29 is 9.26 Å². The Kier molecular flexibility index (Phi) is 2.87. The molecule has 0 unspecified atom stereocenters. The number of nitrogens with zero attached hydrogens (tertiary/aromatic N) is 3. The van der Waals surface area contributed by atoms with Gasteiger partial charge in [-0.15, -0.1) is 0 Å². The first kappa shape index (κ1) is 11.4. The zero-order chi connectivity index (χ0) is 12.4. The van der Waals surface area contributed by atoms with Crippen LogP contribution < -0.4 is 0 Å². The van der Waals surface area contributed by atoms with Crippen LogP contribution in [-0.2, 0) is 10.3 Å². The Morgan fingerprint density at radius 3 is 2.94 bits per heavy atom. The van der Waals surface area contributed by atoms with Crippen LogP contribution in [0.1, 0.15) is 38.5 Å². The fourth-order valence-electron chi connectivity index (χ4n) is 2.54. The van der Waals surface area contributed by atoms with Crippen LogP contribution in [0.4, 0.5) is 0 Å². The number of ether oxygens (including phenoxy) is 1. The van der Waals surface area contributed by atoms with E-state index in [0.29, 0.717) is 18.3 Å². The molecule has 0 atom stereocenters. The summed E-state index contributed by atoms with van der Waals surface area (Å²) in [7, 11) is 0. The summed E-state index contributed by atoms with van der Waals surface area (Å²) >= 11 is 0. The highest BCUT2D eigenvalue weighted by molar-refractivity contribution is 5.45. The van der Waals surface area contributed by atoms with E-state index in [-0.39, 0.29) is 5.60 Å². The van der Waals surface area contributed by atoms with Crippen molar-refractivity contribution >= 4 is 0 Å². The monoisotopic (exact) mass is 248 g/mol. The average molecular weight is 248 g/mol. The number of nitrogens with one attached hydrogen (secondary N) is 1. The summed E-state index contributed by atoms with van der Waals surface area (Å²) in [4.78, 5) is 11.4. The van der Waals surface area contributed by atoms with Gasteiger partial charge < -0.3 is 14.2 Å². The number of imidazole rings is 1. The molecule has 1 saturated carbocycles. The quantitative estimate of drug-likeness (QED) is 0.898. The molecule has 1 aliphatic rings. The lowest BCUT2D eigenvalue weighted by molar-refractivity contribution is -0.0610. The summed E-state index contributed by atoms with van der Waals surface area (Å²) in [5.41, 5.74) is 0.384. The zero-order valence-corrected chi connectivity index (χ0v) is 10.3. The van der Waals surface area contributed by atoms with Gasteiger partial charge in [-0.1, -0.05) is 5.16 Å². The van der Waals surface area contributed by atoms with Crippen LogP contribution in [0.3, 0.4) is 0 Å². The molecule has 96 valence electrons. The van der Waals surface area contributed by atoms with Crippen LogP contribution in [0, 0.1) is 0 Å². The van der Waals surface area contributed by atoms with Crippen LogP contribution >= 0.6 is 0 Å². The maximum Gasteiger partial charge on any atom is 0.259 e. The van der Waals surface area contributed by atoms with Crippen LogP contribution in [0.15, 0.2) is 17.0 Å². The first-order valence-corrected chi connectivity index (χ1v) is 6.31. The Balaban J connectivity index is 1.92. The maximum atomic E-state index is 5.89. The molecule has 2 aromatic heterocycles. The molecule has 0 spiro atoms. The second kappa shape index (κ2) is 4.53. The van der Waals surface area contributed by atoms with Gasteiger partial charge in [0.25, 0.3) is 5.89 Å². The molecule has 18 heavy (non-hydrogen) atoms. The Morgan fingerprint density at radius 1 is 1.44 bits per heavy atom. The van der Waals surface area contributed by atoms with Crippen molar-refractivity contribution in [1.29, 1.82) is 0 Å². The molecule has 1 N–H and O–H groups in total. The van der Waals surface area contributed by atoms with E-state index in [9.17, 15) is 0 Å². The van der Waals surface area contributed by atoms with Crippen LogP contribution in [-0.4, -0.2) is 26.7 Å². The van der Waals surface area contributed by atoms with E-state index in [4.69, 9.17) is 9.26 Å². The van der Waals surface area contributed by atoms with Crippen LogP contribution in [0.25, 0.3) is 11.5 Å². The molecule has 3 rings (SSSR count). The van der Waals surface area contributed by atoms with E-state index in [1.165, 1.54) is 0 Å². The predicted octanol–water partition coefficient (Wildman–Crippen LogP) is 2.27.